The summed E-state index contributed by atoms with van der Waals surface area (Å²) < 4.78 is 5.20. The molecule has 0 saturated heterocycles. The smallest absolute Gasteiger partial charge is 0.119 e. The third-order valence-corrected chi connectivity index (χ3v) is 2.66. The zero-order valence-corrected chi connectivity index (χ0v) is 8.79. The molecule has 1 aliphatic carbocycles. The van der Waals surface area contributed by atoms with E-state index in [9.17, 15) is 0 Å². The van der Waals surface area contributed by atoms with Crippen LogP contribution in [0, 0.1) is 0 Å². The van der Waals surface area contributed by atoms with Crippen LogP contribution in [0.2, 0.25) is 0 Å². The lowest BCUT2D eigenvalue weighted by Crippen LogP contribution is -2.20. The fraction of sp³-hybridized carbons (Fsp3) is 0.500. The molecule has 76 valence electrons. The lowest BCUT2D eigenvalue weighted by Gasteiger charge is -2.14. The van der Waals surface area contributed by atoms with Crippen molar-refractivity contribution < 1.29 is 4.74 Å². The van der Waals surface area contributed by atoms with Gasteiger partial charge in [0.05, 0.1) is 7.11 Å². The third-order valence-electron chi connectivity index (χ3n) is 2.66. The SMILES string of the molecule is COc1cccc([C@@H](C)NC2CC2)c1. The Hall–Kier alpha value is -1.02. The van der Waals surface area contributed by atoms with E-state index in [1.807, 2.05) is 12.1 Å². The van der Waals surface area contributed by atoms with Crippen LogP contribution in [-0.4, -0.2) is 13.2 Å². The molecule has 0 bridgehead atoms. The van der Waals surface area contributed by atoms with Crippen LogP contribution in [0.15, 0.2) is 24.3 Å². The molecule has 1 N–H and O–H groups in total. The van der Waals surface area contributed by atoms with Crippen LogP contribution >= 0.6 is 0 Å². The Morgan fingerprint density at radius 3 is 2.86 bits per heavy atom. The molecule has 1 aliphatic rings. The molecule has 1 saturated carbocycles. The van der Waals surface area contributed by atoms with Crippen molar-refractivity contribution in [1.29, 1.82) is 0 Å². The monoisotopic (exact) mass is 191 g/mol. The molecule has 14 heavy (non-hydrogen) atoms. The van der Waals surface area contributed by atoms with Crippen molar-refractivity contribution in [3.05, 3.63) is 29.8 Å². The first-order valence-electron chi connectivity index (χ1n) is 5.19. The summed E-state index contributed by atoms with van der Waals surface area (Å²) in [6.45, 7) is 2.20. The maximum Gasteiger partial charge on any atom is 0.119 e. The van der Waals surface area contributed by atoms with E-state index >= 15 is 0 Å². The van der Waals surface area contributed by atoms with Crippen LogP contribution in [-0.2, 0) is 0 Å². The van der Waals surface area contributed by atoms with Crippen molar-refractivity contribution in [3.63, 3.8) is 0 Å². The summed E-state index contributed by atoms with van der Waals surface area (Å²) in [4.78, 5) is 0. The maximum atomic E-state index is 5.20. The minimum Gasteiger partial charge on any atom is -0.497 e. The highest BCUT2D eigenvalue weighted by molar-refractivity contribution is 5.30. The minimum absolute atomic E-state index is 0.428. The summed E-state index contributed by atoms with van der Waals surface area (Å²) in [7, 11) is 1.71. The van der Waals surface area contributed by atoms with Gasteiger partial charge in [-0.2, -0.15) is 0 Å². The number of hydrogen-bond donors (Lipinski definition) is 1. The molecule has 0 amide bonds. The van der Waals surface area contributed by atoms with Crippen molar-refractivity contribution >= 4 is 0 Å². The van der Waals surface area contributed by atoms with Gasteiger partial charge in [-0.05, 0) is 37.5 Å². The summed E-state index contributed by atoms with van der Waals surface area (Å²) in [6, 6.07) is 9.43. The molecule has 2 heteroatoms. The van der Waals surface area contributed by atoms with Crippen LogP contribution < -0.4 is 10.1 Å². The molecule has 2 rings (SSSR count). The van der Waals surface area contributed by atoms with Gasteiger partial charge in [-0.1, -0.05) is 12.1 Å². The van der Waals surface area contributed by atoms with Crippen molar-refractivity contribution in [3.8, 4) is 5.75 Å². The number of nitrogens with one attached hydrogen (secondary N) is 1. The van der Waals surface area contributed by atoms with Crippen LogP contribution in [0.5, 0.6) is 5.75 Å². The zero-order chi connectivity index (χ0) is 9.97. The highest BCUT2D eigenvalue weighted by atomic mass is 16.5. The van der Waals surface area contributed by atoms with E-state index in [1.165, 1.54) is 18.4 Å². The van der Waals surface area contributed by atoms with Gasteiger partial charge in [0, 0.05) is 12.1 Å². The van der Waals surface area contributed by atoms with E-state index in [0.29, 0.717) is 6.04 Å². The lowest BCUT2D eigenvalue weighted by atomic mass is 10.1. The van der Waals surface area contributed by atoms with Crippen LogP contribution in [0.1, 0.15) is 31.4 Å². The van der Waals surface area contributed by atoms with E-state index in [2.05, 4.69) is 24.4 Å². The van der Waals surface area contributed by atoms with Gasteiger partial charge < -0.3 is 10.1 Å². The third kappa shape index (κ3) is 2.26. The molecule has 0 radical (unpaired) electrons. The Morgan fingerprint density at radius 2 is 2.21 bits per heavy atom. The first-order chi connectivity index (χ1) is 6.79. The summed E-state index contributed by atoms with van der Waals surface area (Å²) >= 11 is 0. The second-order valence-corrected chi connectivity index (χ2v) is 3.94. The number of rotatable bonds is 4. The first-order valence-corrected chi connectivity index (χ1v) is 5.19. The van der Waals surface area contributed by atoms with Gasteiger partial charge in [-0.15, -0.1) is 0 Å². The minimum atomic E-state index is 0.428. The lowest BCUT2D eigenvalue weighted by molar-refractivity contribution is 0.413. The fourth-order valence-corrected chi connectivity index (χ4v) is 1.61. The molecule has 0 spiro atoms. The fourth-order valence-electron chi connectivity index (χ4n) is 1.61. The largest absolute Gasteiger partial charge is 0.497 e. The molecule has 1 aromatic carbocycles. The topological polar surface area (TPSA) is 21.3 Å². The summed E-state index contributed by atoms with van der Waals surface area (Å²) in [5.41, 5.74) is 1.30. The maximum absolute atomic E-state index is 5.20. The molecule has 1 aromatic rings. The molecule has 2 nitrogen and oxygen atoms in total. The molecule has 0 aliphatic heterocycles. The number of hydrogen-bond acceptors (Lipinski definition) is 2. The Morgan fingerprint density at radius 1 is 1.43 bits per heavy atom. The Labute approximate surface area is 85.3 Å². The summed E-state index contributed by atoms with van der Waals surface area (Å²) in [5, 5.41) is 3.57. The van der Waals surface area contributed by atoms with Gasteiger partial charge in [0.1, 0.15) is 5.75 Å². The Balaban J connectivity index is 2.05. The van der Waals surface area contributed by atoms with E-state index in [4.69, 9.17) is 4.74 Å². The summed E-state index contributed by atoms with van der Waals surface area (Å²) in [5.74, 6) is 0.937. The van der Waals surface area contributed by atoms with Gasteiger partial charge in [0.15, 0.2) is 0 Å². The van der Waals surface area contributed by atoms with Crippen molar-refractivity contribution in [2.75, 3.05) is 7.11 Å². The van der Waals surface area contributed by atoms with Crippen molar-refractivity contribution in [1.82, 2.24) is 5.32 Å². The van der Waals surface area contributed by atoms with E-state index < -0.39 is 0 Å². The highest BCUT2D eigenvalue weighted by Crippen LogP contribution is 2.25. The van der Waals surface area contributed by atoms with Gasteiger partial charge in [-0.25, -0.2) is 0 Å². The van der Waals surface area contributed by atoms with E-state index in [0.717, 1.165) is 11.8 Å². The number of benzene rings is 1. The zero-order valence-electron chi connectivity index (χ0n) is 8.79. The second kappa shape index (κ2) is 4.01. The number of ether oxygens (including phenoxy) is 1. The van der Waals surface area contributed by atoms with Crippen LogP contribution in [0.3, 0.4) is 0 Å². The molecule has 0 heterocycles. The Bertz CT molecular complexity index is 307. The quantitative estimate of drug-likeness (QED) is 0.789. The van der Waals surface area contributed by atoms with Crippen LogP contribution in [0.25, 0.3) is 0 Å². The number of methoxy groups -OCH3 is 1. The van der Waals surface area contributed by atoms with Gasteiger partial charge in [0.25, 0.3) is 0 Å². The van der Waals surface area contributed by atoms with E-state index in [-0.39, 0.29) is 0 Å². The highest BCUT2D eigenvalue weighted by Gasteiger charge is 2.23. The average Bonchev–Trinajstić information content (AvgIpc) is 3.02. The molecular weight excluding hydrogens is 174 g/mol. The van der Waals surface area contributed by atoms with Gasteiger partial charge >= 0.3 is 0 Å². The van der Waals surface area contributed by atoms with Gasteiger partial charge in [0.2, 0.25) is 0 Å². The first kappa shape index (κ1) is 9.53. The van der Waals surface area contributed by atoms with E-state index in [1.54, 1.807) is 7.11 Å². The van der Waals surface area contributed by atoms with Gasteiger partial charge in [-0.3, -0.25) is 0 Å². The normalized spacial score (nSPS) is 17.9. The average molecular weight is 191 g/mol. The standard InChI is InChI=1S/C12H17NO/c1-9(13-11-6-7-11)10-4-3-5-12(8-10)14-2/h3-5,8-9,11,13H,6-7H2,1-2H3/t9-/m1/s1. The Kier molecular flexibility index (Phi) is 2.73. The summed E-state index contributed by atoms with van der Waals surface area (Å²) in [6.07, 6.45) is 2.66. The predicted molar refractivity (Wildman–Crippen MR) is 57.6 cm³/mol. The molecule has 0 unspecified atom stereocenters. The van der Waals surface area contributed by atoms with Crippen LogP contribution in [0.4, 0.5) is 0 Å². The van der Waals surface area contributed by atoms with Crippen molar-refractivity contribution in [2.24, 2.45) is 0 Å². The predicted octanol–water partition coefficient (Wildman–Crippen LogP) is 2.51. The molecule has 1 fully saturated rings. The second-order valence-electron chi connectivity index (χ2n) is 3.94. The molecule has 1 atom stereocenters. The molecule has 0 aromatic heterocycles. The van der Waals surface area contributed by atoms with Crippen molar-refractivity contribution in [2.45, 2.75) is 31.8 Å². The molecular formula is C12H17NO.